The van der Waals surface area contributed by atoms with Crippen molar-refractivity contribution >= 4 is 58.6 Å². The predicted octanol–water partition coefficient (Wildman–Crippen LogP) is 2.84. The van der Waals surface area contributed by atoms with Gasteiger partial charge in [-0.15, -0.1) is 0 Å². The summed E-state index contributed by atoms with van der Waals surface area (Å²) in [6, 6.07) is 12.3. The fraction of sp³-hybridized carbons (Fsp3) is 0.273. The molecule has 2 rings (SSSR count). The van der Waals surface area contributed by atoms with Gasteiger partial charge in [0.15, 0.2) is 5.96 Å². The summed E-state index contributed by atoms with van der Waals surface area (Å²) in [6.45, 7) is 2.12. The molecule has 2 aromatic carbocycles. The monoisotopic (exact) mass is 521 g/mol. The predicted molar refractivity (Wildman–Crippen MR) is 142 cm³/mol. The molecule has 0 aliphatic heterocycles. The maximum absolute atomic E-state index is 12.0. The number of carbonyl (C=O) groups excluding carboxylic acids is 2. The number of rotatable bonds is 8. The maximum Gasteiger partial charge on any atom is 0.348 e. The van der Waals surface area contributed by atoms with Gasteiger partial charge < -0.3 is 31.9 Å². The first-order valence-electron chi connectivity index (χ1n) is 10.6. The van der Waals surface area contributed by atoms with E-state index in [4.69, 9.17) is 34.7 Å². The topological polar surface area (TPSA) is 153 Å². The van der Waals surface area contributed by atoms with Crippen molar-refractivity contribution in [2.45, 2.75) is 0 Å². The van der Waals surface area contributed by atoms with Gasteiger partial charge in [0, 0.05) is 48.1 Å². The Morgan fingerprint density at radius 1 is 0.857 bits per heavy atom. The van der Waals surface area contributed by atoms with Gasteiger partial charge in [-0.3, -0.25) is 10.3 Å². The Balaban J connectivity index is 1.68. The van der Waals surface area contributed by atoms with E-state index in [-0.39, 0.29) is 11.9 Å². The second-order valence-corrected chi connectivity index (χ2v) is 8.36. The lowest BCUT2D eigenvalue weighted by Gasteiger charge is -2.22. The maximum atomic E-state index is 12.0. The fourth-order valence-corrected chi connectivity index (χ4v) is 2.87. The lowest BCUT2D eigenvalue weighted by atomic mass is 10.3. The average molecular weight is 522 g/mol. The highest BCUT2D eigenvalue weighted by Gasteiger charge is 2.08. The Hall–Kier alpha value is -3.54. The van der Waals surface area contributed by atoms with Gasteiger partial charge in [-0.2, -0.15) is 4.99 Å². The summed E-state index contributed by atoms with van der Waals surface area (Å²) in [4.78, 5) is 35.6. The number of nitrogens with one attached hydrogen (secondary N) is 3. The third-order valence-electron chi connectivity index (χ3n) is 4.63. The normalized spacial score (nSPS) is 11.8. The molecule has 188 valence electrons. The van der Waals surface area contributed by atoms with E-state index in [1.54, 1.807) is 60.5 Å². The highest BCUT2D eigenvalue weighted by molar-refractivity contribution is 6.31. The minimum atomic E-state index is -0.581. The quantitative estimate of drug-likeness (QED) is 0.265. The number of anilines is 2. The average Bonchev–Trinajstić information content (AvgIpc) is 2.80. The molecule has 2 aromatic rings. The molecule has 0 bridgehead atoms. The highest BCUT2D eigenvalue weighted by atomic mass is 35.5. The summed E-state index contributed by atoms with van der Waals surface area (Å²) in [6.07, 6.45) is 0. The van der Waals surface area contributed by atoms with Crippen molar-refractivity contribution in [3.05, 3.63) is 58.6 Å². The number of halogens is 2. The third-order valence-corrected chi connectivity index (χ3v) is 5.13. The SMILES string of the molecule is CN(CCN=C(N)NC(=O)Nc1ccc(Cl)cc1)CCN(C)C(N)=NC(=O)Nc1ccc(Cl)cc1. The molecular weight excluding hydrogens is 493 g/mol. The van der Waals surface area contributed by atoms with Gasteiger partial charge in [0.25, 0.3) is 0 Å². The summed E-state index contributed by atoms with van der Waals surface area (Å²) < 4.78 is 0. The molecule has 0 radical (unpaired) electrons. The minimum Gasteiger partial charge on any atom is -0.370 e. The molecular formula is C22H29Cl2N9O2. The molecule has 0 saturated carbocycles. The number of hydrogen-bond acceptors (Lipinski definition) is 4. The van der Waals surface area contributed by atoms with Gasteiger partial charge in [0.1, 0.15) is 0 Å². The lowest BCUT2D eigenvalue weighted by Crippen LogP contribution is -2.41. The van der Waals surface area contributed by atoms with Crippen molar-refractivity contribution in [1.82, 2.24) is 15.1 Å². The lowest BCUT2D eigenvalue weighted by molar-refractivity contribution is 0.255. The number of guanidine groups is 2. The Labute approximate surface area is 214 Å². The van der Waals surface area contributed by atoms with Crippen LogP contribution >= 0.6 is 23.2 Å². The van der Waals surface area contributed by atoms with Gasteiger partial charge in [0.05, 0.1) is 6.54 Å². The van der Waals surface area contributed by atoms with Crippen molar-refractivity contribution < 1.29 is 9.59 Å². The van der Waals surface area contributed by atoms with E-state index in [1.807, 2.05) is 11.9 Å². The molecule has 11 nitrogen and oxygen atoms in total. The van der Waals surface area contributed by atoms with E-state index in [0.29, 0.717) is 47.6 Å². The second kappa shape index (κ2) is 14.0. The number of aliphatic imine (C=N–C) groups is 2. The van der Waals surface area contributed by atoms with Crippen molar-refractivity contribution in [2.24, 2.45) is 21.5 Å². The molecule has 0 unspecified atom stereocenters. The standard InChI is InChI=1S/C22H29Cl2N9O2/c1-32(12-11-27-19(25)30-21(34)28-17-7-3-15(23)4-8-17)13-14-33(2)20(26)31-22(35)29-18-9-5-16(24)6-10-18/h3-10H,11-14H2,1-2H3,(H3,26,29,31,35)(H4,25,27,28,30,34). The number of likely N-dealkylation sites (N-methyl/N-ethyl adjacent to an activating group) is 2. The molecule has 0 aromatic heterocycles. The number of nitrogens with zero attached hydrogens (tertiary/aromatic N) is 4. The highest BCUT2D eigenvalue weighted by Crippen LogP contribution is 2.14. The van der Waals surface area contributed by atoms with Crippen molar-refractivity contribution in [3.8, 4) is 0 Å². The molecule has 4 amide bonds. The summed E-state index contributed by atoms with van der Waals surface area (Å²) in [5, 5.41) is 8.85. The first-order valence-corrected chi connectivity index (χ1v) is 11.3. The first-order chi connectivity index (χ1) is 16.6. The molecule has 0 saturated heterocycles. The summed E-state index contributed by atoms with van der Waals surface area (Å²) in [5.41, 5.74) is 12.8. The number of benzene rings is 2. The van der Waals surface area contributed by atoms with Gasteiger partial charge in [0.2, 0.25) is 5.96 Å². The van der Waals surface area contributed by atoms with Gasteiger partial charge in [-0.25, -0.2) is 9.59 Å². The van der Waals surface area contributed by atoms with Crippen LogP contribution in [0.25, 0.3) is 0 Å². The van der Waals surface area contributed by atoms with Crippen LogP contribution in [0.15, 0.2) is 58.5 Å². The number of urea groups is 2. The molecule has 0 heterocycles. The van der Waals surface area contributed by atoms with Crippen LogP contribution in [-0.2, 0) is 0 Å². The van der Waals surface area contributed by atoms with Crippen LogP contribution < -0.4 is 27.4 Å². The Kier molecular flexibility index (Phi) is 11.1. The summed E-state index contributed by atoms with van der Waals surface area (Å²) >= 11 is 11.6. The zero-order valence-electron chi connectivity index (χ0n) is 19.5. The molecule has 0 aliphatic rings. The second-order valence-electron chi connectivity index (χ2n) is 7.48. The van der Waals surface area contributed by atoms with Crippen LogP contribution in [0, 0.1) is 0 Å². The minimum absolute atomic E-state index is 0.00468. The molecule has 0 fully saturated rings. The number of carbonyl (C=O) groups is 2. The summed E-state index contributed by atoms with van der Waals surface area (Å²) in [5.74, 6) is 0.0908. The van der Waals surface area contributed by atoms with Crippen LogP contribution in [0.3, 0.4) is 0 Å². The molecule has 0 atom stereocenters. The van der Waals surface area contributed by atoms with Crippen LogP contribution in [0.2, 0.25) is 10.0 Å². The zero-order chi connectivity index (χ0) is 25.8. The number of hydrogen-bond donors (Lipinski definition) is 5. The Bertz CT molecular complexity index is 1040. The van der Waals surface area contributed by atoms with Crippen LogP contribution in [0.5, 0.6) is 0 Å². The largest absolute Gasteiger partial charge is 0.370 e. The number of nitrogens with two attached hydrogens (primary N) is 2. The number of amides is 4. The van der Waals surface area contributed by atoms with E-state index < -0.39 is 12.1 Å². The first kappa shape index (κ1) is 27.7. The van der Waals surface area contributed by atoms with E-state index >= 15 is 0 Å². The molecule has 7 N–H and O–H groups in total. The zero-order valence-corrected chi connectivity index (χ0v) is 21.0. The van der Waals surface area contributed by atoms with E-state index in [1.165, 1.54) is 0 Å². The van der Waals surface area contributed by atoms with Crippen molar-refractivity contribution in [1.29, 1.82) is 0 Å². The molecule has 13 heteroatoms. The van der Waals surface area contributed by atoms with Gasteiger partial charge in [-0.05, 0) is 55.6 Å². The van der Waals surface area contributed by atoms with E-state index in [9.17, 15) is 9.59 Å². The Morgan fingerprint density at radius 2 is 1.40 bits per heavy atom. The van der Waals surface area contributed by atoms with Gasteiger partial charge >= 0.3 is 12.1 Å². The third kappa shape index (κ3) is 11.0. The van der Waals surface area contributed by atoms with Crippen LogP contribution in [0.4, 0.5) is 21.0 Å². The van der Waals surface area contributed by atoms with Crippen molar-refractivity contribution in [2.75, 3.05) is 50.9 Å². The Morgan fingerprint density at radius 3 is 1.97 bits per heavy atom. The molecule has 35 heavy (non-hydrogen) atoms. The van der Waals surface area contributed by atoms with Crippen LogP contribution in [-0.4, -0.2) is 74.1 Å². The van der Waals surface area contributed by atoms with E-state index in [2.05, 4.69) is 25.9 Å². The van der Waals surface area contributed by atoms with Crippen molar-refractivity contribution in [3.63, 3.8) is 0 Å². The van der Waals surface area contributed by atoms with E-state index in [0.717, 1.165) is 0 Å². The van der Waals surface area contributed by atoms with Crippen LogP contribution in [0.1, 0.15) is 0 Å². The van der Waals surface area contributed by atoms with Gasteiger partial charge in [-0.1, -0.05) is 23.2 Å². The smallest absolute Gasteiger partial charge is 0.348 e. The molecule has 0 spiro atoms. The summed E-state index contributed by atoms with van der Waals surface area (Å²) in [7, 11) is 3.64. The molecule has 0 aliphatic carbocycles. The fourth-order valence-electron chi connectivity index (χ4n) is 2.61.